The molecular weight excluding hydrogens is 256 g/mol. The van der Waals surface area contributed by atoms with Crippen LogP contribution in [0.15, 0.2) is 18.2 Å². The summed E-state index contributed by atoms with van der Waals surface area (Å²) in [6.07, 6.45) is 2.42. The minimum Gasteiger partial charge on any atom is -0.370 e. The van der Waals surface area contributed by atoms with Crippen LogP contribution in [0.1, 0.15) is 32.3 Å². The third kappa shape index (κ3) is 3.64. The Morgan fingerprint density at radius 1 is 1.47 bits per heavy atom. The highest BCUT2D eigenvalue weighted by molar-refractivity contribution is 6.30. The van der Waals surface area contributed by atoms with Gasteiger partial charge in [-0.1, -0.05) is 37.9 Å². The van der Waals surface area contributed by atoms with Gasteiger partial charge in [0.2, 0.25) is 0 Å². The Morgan fingerprint density at radius 3 is 3.00 bits per heavy atom. The molecular formula is C16H25ClN2. The second kappa shape index (κ2) is 6.62. The zero-order valence-electron chi connectivity index (χ0n) is 12.2. The molecule has 2 nitrogen and oxygen atoms in total. The van der Waals surface area contributed by atoms with Gasteiger partial charge in [-0.05, 0) is 43.5 Å². The van der Waals surface area contributed by atoms with Crippen LogP contribution in [0.25, 0.3) is 0 Å². The fraction of sp³-hybridized carbons (Fsp3) is 0.625. The third-order valence-corrected chi connectivity index (χ3v) is 4.51. The van der Waals surface area contributed by atoms with E-state index >= 15 is 0 Å². The number of benzene rings is 1. The Hall–Kier alpha value is -0.730. The summed E-state index contributed by atoms with van der Waals surface area (Å²) < 4.78 is 0. The predicted octanol–water partition coefficient (Wildman–Crippen LogP) is 3.86. The van der Waals surface area contributed by atoms with Crippen LogP contribution in [0.3, 0.4) is 0 Å². The highest BCUT2D eigenvalue weighted by atomic mass is 35.5. The van der Waals surface area contributed by atoms with Crippen molar-refractivity contribution >= 4 is 17.3 Å². The smallest absolute Gasteiger partial charge is 0.0426 e. The summed E-state index contributed by atoms with van der Waals surface area (Å²) in [5, 5.41) is 4.52. The van der Waals surface area contributed by atoms with Crippen molar-refractivity contribution in [3.63, 3.8) is 0 Å². The molecule has 19 heavy (non-hydrogen) atoms. The second-order valence-corrected chi connectivity index (χ2v) is 6.11. The number of aryl methyl sites for hydroxylation is 1. The Bertz CT molecular complexity index is 419. The number of hydrogen-bond acceptors (Lipinski definition) is 2. The molecule has 0 spiro atoms. The van der Waals surface area contributed by atoms with Crippen LogP contribution in [0.2, 0.25) is 5.02 Å². The molecule has 1 aromatic rings. The van der Waals surface area contributed by atoms with Gasteiger partial charge >= 0.3 is 0 Å². The first-order valence-electron chi connectivity index (χ1n) is 7.36. The maximum Gasteiger partial charge on any atom is 0.0426 e. The molecule has 2 atom stereocenters. The lowest BCUT2D eigenvalue weighted by Crippen LogP contribution is -2.42. The Balaban J connectivity index is 2.20. The summed E-state index contributed by atoms with van der Waals surface area (Å²) in [7, 11) is 0. The van der Waals surface area contributed by atoms with Crippen molar-refractivity contribution < 1.29 is 0 Å². The molecule has 0 radical (unpaired) electrons. The summed E-state index contributed by atoms with van der Waals surface area (Å²) in [6, 6.07) is 6.78. The largest absolute Gasteiger partial charge is 0.370 e. The average Bonchev–Trinajstić information content (AvgIpc) is 2.66. The Kier molecular flexibility index (Phi) is 5.12. The minimum atomic E-state index is 0.575. The van der Waals surface area contributed by atoms with Crippen LogP contribution >= 0.6 is 11.6 Å². The monoisotopic (exact) mass is 280 g/mol. The summed E-state index contributed by atoms with van der Waals surface area (Å²) in [4.78, 5) is 2.50. The summed E-state index contributed by atoms with van der Waals surface area (Å²) >= 11 is 6.16. The van der Waals surface area contributed by atoms with Gasteiger partial charge in [0.1, 0.15) is 0 Å². The maximum absolute atomic E-state index is 6.16. The fourth-order valence-electron chi connectivity index (χ4n) is 2.76. The lowest BCUT2D eigenvalue weighted by atomic mass is 9.98. The zero-order valence-corrected chi connectivity index (χ0v) is 13.0. The van der Waals surface area contributed by atoms with Crippen LogP contribution in [-0.2, 0) is 0 Å². The summed E-state index contributed by atoms with van der Waals surface area (Å²) in [6.45, 7) is 10.1. The summed E-state index contributed by atoms with van der Waals surface area (Å²) in [5.41, 5.74) is 2.61. The normalized spacial score (nSPS) is 22.1. The lowest BCUT2D eigenvalue weighted by molar-refractivity contribution is 0.384. The molecule has 0 amide bonds. The Morgan fingerprint density at radius 2 is 2.26 bits per heavy atom. The number of hydrogen-bond donors (Lipinski definition) is 1. The van der Waals surface area contributed by atoms with Gasteiger partial charge in [0.05, 0.1) is 0 Å². The van der Waals surface area contributed by atoms with E-state index in [1.54, 1.807) is 0 Å². The fourth-order valence-corrected chi connectivity index (χ4v) is 2.92. The van der Waals surface area contributed by atoms with E-state index in [1.165, 1.54) is 24.1 Å². The van der Waals surface area contributed by atoms with Crippen molar-refractivity contribution in [1.82, 2.24) is 5.32 Å². The van der Waals surface area contributed by atoms with Gasteiger partial charge in [0.15, 0.2) is 0 Å². The van der Waals surface area contributed by atoms with Crippen LogP contribution in [0.4, 0.5) is 5.69 Å². The minimum absolute atomic E-state index is 0.575. The van der Waals surface area contributed by atoms with Crippen LogP contribution in [0.5, 0.6) is 0 Å². The first kappa shape index (κ1) is 14.7. The van der Waals surface area contributed by atoms with Crippen molar-refractivity contribution in [3.8, 4) is 0 Å². The van der Waals surface area contributed by atoms with E-state index in [1.807, 2.05) is 6.07 Å². The van der Waals surface area contributed by atoms with E-state index in [2.05, 4.69) is 43.1 Å². The van der Waals surface area contributed by atoms with E-state index in [4.69, 9.17) is 11.6 Å². The van der Waals surface area contributed by atoms with Crippen LogP contribution in [0, 0.1) is 12.8 Å². The van der Waals surface area contributed by atoms with Crippen molar-refractivity contribution in [3.05, 3.63) is 28.8 Å². The quantitative estimate of drug-likeness (QED) is 0.904. The molecule has 2 rings (SSSR count). The molecule has 0 bridgehead atoms. The predicted molar refractivity (Wildman–Crippen MR) is 84.3 cm³/mol. The van der Waals surface area contributed by atoms with Crippen molar-refractivity contribution in [2.75, 3.05) is 24.5 Å². The third-order valence-electron chi connectivity index (χ3n) is 4.27. The standard InChI is InChI=1S/C16H25ClN2/c1-4-12(2)15-11-19(9-5-8-18-15)16-10-14(17)7-6-13(16)3/h6-7,10,12,15,18H,4-5,8-9,11H2,1-3H3. The first-order valence-corrected chi connectivity index (χ1v) is 7.74. The SMILES string of the molecule is CCC(C)C1CN(c2cc(Cl)ccc2C)CCCN1. The number of anilines is 1. The van der Waals surface area contributed by atoms with Crippen LogP contribution in [-0.4, -0.2) is 25.7 Å². The van der Waals surface area contributed by atoms with Gasteiger partial charge in [-0.3, -0.25) is 0 Å². The number of rotatable bonds is 3. The maximum atomic E-state index is 6.16. The van der Waals surface area contributed by atoms with Crippen molar-refractivity contribution in [2.45, 2.75) is 39.7 Å². The van der Waals surface area contributed by atoms with Crippen molar-refractivity contribution in [2.24, 2.45) is 5.92 Å². The van der Waals surface area contributed by atoms with Gasteiger partial charge in [0, 0.05) is 29.8 Å². The van der Waals surface area contributed by atoms with Crippen LogP contribution < -0.4 is 10.2 Å². The number of halogens is 1. The van der Waals surface area contributed by atoms with Gasteiger partial charge in [-0.25, -0.2) is 0 Å². The molecule has 106 valence electrons. The van der Waals surface area contributed by atoms with E-state index in [0.717, 1.165) is 24.7 Å². The molecule has 2 unspecified atom stereocenters. The molecule has 1 saturated heterocycles. The molecule has 1 aliphatic rings. The molecule has 1 aliphatic heterocycles. The number of nitrogens with one attached hydrogen (secondary N) is 1. The average molecular weight is 281 g/mol. The number of nitrogens with zero attached hydrogens (tertiary/aromatic N) is 1. The molecule has 3 heteroatoms. The molecule has 1 heterocycles. The van der Waals surface area contributed by atoms with Gasteiger partial charge in [0.25, 0.3) is 0 Å². The Labute approximate surface area is 122 Å². The second-order valence-electron chi connectivity index (χ2n) is 5.68. The molecule has 0 aromatic heterocycles. The summed E-state index contributed by atoms with van der Waals surface area (Å²) in [5.74, 6) is 0.708. The molecule has 1 fully saturated rings. The van der Waals surface area contributed by atoms with E-state index in [9.17, 15) is 0 Å². The zero-order chi connectivity index (χ0) is 13.8. The van der Waals surface area contributed by atoms with Crippen molar-refractivity contribution in [1.29, 1.82) is 0 Å². The highest BCUT2D eigenvalue weighted by Gasteiger charge is 2.22. The van der Waals surface area contributed by atoms with E-state index in [-0.39, 0.29) is 0 Å². The van der Waals surface area contributed by atoms with E-state index < -0.39 is 0 Å². The first-order chi connectivity index (χ1) is 9.11. The molecule has 1 aromatic carbocycles. The molecule has 1 N–H and O–H groups in total. The van der Waals surface area contributed by atoms with Gasteiger partial charge < -0.3 is 10.2 Å². The molecule has 0 saturated carbocycles. The highest BCUT2D eigenvalue weighted by Crippen LogP contribution is 2.26. The van der Waals surface area contributed by atoms with Gasteiger partial charge in [-0.2, -0.15) is 0 Å². The van der Waals surface area contributed by atoms with E-state index in [0.29, 0.717) is 12.0 Å². The topological polar surface area (TPSA) is 15.3 Å². The van der Waals surface area contributed by atoms with Gasteiger partial charge in [-0.15, -0.1) is 0 Å². The lowest BCUT2D eigenvalue weighted by Gasteiger charge is -2.30. The molecule has 0 aliphatic carbocycles.